The van der Waals surface area contributed by atoms with Gasteiger partial charge in [-0.05, 0) is 84.8 Å². The highest BCUT2D eigenvalue weighted by atomic mass is 127. The normalized spacial score (nSPS) is 11.6. The van der Waals surface area contributed by atoms with Gasteiger partial charge in [0.15, 0.2) is 18.1 Å². The number of hydrazone groups is 1. The molecule has 0 bridgehead atoms. The zero-order valence-corrected chi connectivity index (χ0v) is 21.1. The number of nitrogens with one attached hydrogen (secondary N) is 3. The number of rotatable bonds is 10. The fraction of sp³-hybridized carbons (Fsp3) is 0.304. The average molecular weight is 584 g/mol. The van der Waals surface area contributed by atoms with E-state index in [4.69, 9.17) is 9.47 Å². The number of halogens is 2. The summed E-state index contributed by atoms with van der Waals surface area (Å²) in [7, 11) is 0. The van der Waals surface area contributed by atoms with Gasteiger partial charge < -0.3 is 20.1 Å². The van der Waals surface area contributed by atoms with Crippen molar-refractivity contribution in [3.05, 3.63) is 51.3 Å². The minimum atomic E-state index is -0.872. The lowest BCUT2D eigenvalue weighted by Gasteiger charge is -2.14. The van der Waals surface area contributed by atoms with Gasteiger partial charge in [0.1, 0.15) is 5.82 Å². The van der Waals surface area contributed by atoms with Gasteiger partial charge >= 0.3 is 11.8 Å². The number of hydrogen-bond acceptors (Lipinski definition) is 6. The van der Waals surface area contributed by atoms with Crippen molar-refractivity contribution in [1.29, 1.82) is 0 Å². The largest absolute Gasteiger partial charge is 0.490 e. The maximum atomic E-state index is 13.0. The van der Waals surface area contributed by atoms with Crippen molar-refractivity contribution >= 4 is 52.2 Å². The highest BCUT2D eigenvalue weighted by Crippen LogP contribution is 2.34. The standard InChI is InChI=1S/C23H26FIN4O5/c1-4-14(3)27-22(31)23(32)29-26-12-15-10-18(25)21(19(11-15)33-5-2)34-13-20(30)28-17-8-6-16(24)7-9-17/h6-12,14H,4-5,13H2,1-3H3,(H,27,31)(H,28,30)(H,29,32)/b26-12-/t14-/m1/s1. The molecule has 0 saturated carbocycles. The molecule has 2 aromatic carbocycles. The van der Waals surface area contributed by atoms with E-state index in [1.807, 2.05) is 29.5 Å². The number of carbonyl (C=O) groups excluding carboxylic acids is 3. The molecule has 0 radical (unpaired) electrons. The Morgan fingerprint density at radius 3 is 2.47 bits per heavy atom. The summed E-state index contributed by atoms with van der Waals surface area (Å²) in [5.74, 6) is -1.71. The molecule has 0 aliphatic carbocycles. The quantitative estimate of drug-likeness (QED) is 0.172. The summed E-state index contributed by atoms with van der Waals surface area (Å²) in [6, 6.07) is 8.61. The number of benzene rings is 2. The molecule has 0 heterocycles. The maximum Gasteiger partial charge on any atom is 0.329 e. The second-order valence-corrected chi connectivity index (χ2v) is 8.25. The summed E-state index contributed by atoms with van der Waals surface area (Å²) in [6.45, 7) is 5.55. The molecule has 34 heavy (non-hydrogen) atoms. The van der Waals surface area contributed by atoms with E-state index < -0.39 is 23.5 Å². The smallest absolute Gasteiger partial charge is 0.329 e. The van der Waals surface area contributed by atoms with E-state index in [1.54, 1.807) is 26.0 Å². The van der Waals surface area contributed by atoms with Gasteiger partial charge in [0.25, 0.3) is 5.91 Å². The molecule has 2 rings (SSSR count). The predicted octanol–water partition coefficient (Wildman–Crippen LogP) is 3.21. The van der Waals surface area contributed by atoms with Gasteiger partial charge in [-0.2, -0.15) is 5.10 Å². The number of ether oxygens (including phenoxy) is 2. The van der Waals surface area contributed by atoms with Crippen molar-refractivity contribution in [2.45, 2.75) is 33.2 Å². The van der Waals surface area contributed by atoms with Crippen LogP contribution in [0.1, 0.15) is 32.8 Å². The van der Waals surface area contributed by atoms with Crippen LogP contribution in [0.2, 0.25) is 0 Å². The lowest BCUT2D eigenvalue weighted by atomic mass is 10.2. The Balaban J connectivity index is 2.03. The third-order valence-corrected chi connectivity index (χ3v) is 5.18. The van der Waals surface area contributed by atoms with Crippen LogP contribution in [-0.4, -0.2) is 43.2 Å². The van der Waals surface area contributed by atoms with Crippen LogP contribution >= 0.6 is 22.6 Å². The van der Waals surface area contributed by atoms with E-state index >= 15 is 0 Å². The van der Waals surface area contributed by atoms with Crippen LogP contribution in [-0.2, 0) is 14.4 Å². The highest BCUT2D eigenvalue weighted by Gasteiger charge is 2.16. The predicted molar refractivity (Wildman–Crippen MR) is 134 cm³/mol. The zero-order chi connectivity index (χ0) is 25.1. The molecule has 3 amide bonds. The lowest BCUT2D eigenvalue weighted by molar-refractivity contribution is -0.139. The Hall–Kier alpha value is -3.22. The molecule has 3 N–H and O–H groups in total. The van der Waals surface area contributed by atoms with Crippen LogP contribution in [0.4, 0.5) is 10.1 Å². The summed E-state index contributed by atoms with van der Waals surface area (Å²) in [5.41, 5.74) is 3.21. The summed E-state index contributed by atoms with van der Waals surface area (Å²) in [6.07, 6.45) is 2.06. The summed E-state index contributed by atoms with van der Waals surface area (Å²) in [5, 5.41) is 8.99. The molecule has 9 nitrogen and oxygen atoms in total. The molecule has 11 heteroatoms. The fourth-order valence-electron chi connectivity index (χ4n) is 2.54. The van der Waals surface area contributed by atoms with E-state index in [0.717, 1.165) is 0 Å². The van der Waals surface area contributed by atoms with E-state index in [-0.39, 0.29) is 12.6 Å². The number of amides is 3. The molecule has 0 aromatic heterocycles. The van der Waals surface area contributed by atoms with Crippen LogP contribution in [0, 0.1) is 9.39 Å². The molecule has 1 atom stereocenters. The summed E-state index contributed by atoms with van der Waals surface area (Å²) >= 11 is 2.03. The van der Waals surface area contributed by atoms with Crippen molar-refractivity contribution in [2.24, 2.45) is 5.10 Å². The number of nitrogens with zero attached hydrogens (tertiary/aromatic N) is 1. The molecule has 2 aromatic rings. The first-order valence-corrected chi connectivity index (χ1v) is 11.6. The molecule has 0 spiro atoms. The Bertz CT molecular complexity index is 1050. The van der Waals surface area contributed by atoms with Crippen LogP contribution in [0.3, 0.4) is 0 Å². The van der Waals surface area contributed by atoms with E-state index in [1.165, 1.54) is 30.5 Å². The van der Waals surface area contributed by atoms with Crippen molar-refractivity contribution in [3.8, 4) is 11.5 Å². The van der Waals surface area contributed by atoms with E-state index in [9.17, 15) is 18.8 Å². The van der Waals surface area contributed by atoms with Crippen LogP contribution < -0.4 is 25.5 Å². The minimum Gasteiger partial charge on any atom is -0.490 e. The van der Waals surface area contributed by atoms with E-state index in [0.29, 0.717) is 39.3 Å². The van der Waals surface area contributed by atoms with Gasteiger partial charge in [-0.1, -0.05) is 6.92 Å². The minimum absolute atomic E-state index is 0.122. The molecule has 0 aliphatic rings. The first-order chi connectivity index (χ1) is 16.2. The SMILES string of the molecule is CCOc1cc(/C=N\NC(=O)C(=O)N[C@H](C)CC)cc(I)c1OCC(=O)Nc1ccc(F)cc1. The van der Waals surface area contributed by atoms with Crippen molar-refractivity contribution < 1.29 is 28.2 Å². The Kier molecular flexibility index (Phi) is 10.7. The van der Waals surface area contributed by atoms with Gasteiger partial charge in [0.05, 0.1) is 16.4 Å². The first kappa shape index (κ1) is 27.0. The first-order valence-electron chi connectivity index (χ1n) is 10.5. The second-order valence-electron chi connectivity index (χ2n) is 7.09. The molecule has 0 fully saturated rings. The van der Waals surface area contributed by atoms with Crippen molar-refractivity contribution in [3.63, 3.8) is 0 Å². The Morgan fingerprint density at radius 2 is 1.82 bits per heavy atom. The molecule has 182 valence electrons. The number of hydrogen-bond donors (Lipinski definition) is 3. The Morgan fingerprint density at radius 1 is 1.12 bits per heavy atom. The molecular weight excluding hydrogens is 558 g/mol. The number of anilines is 1. The van der Waals surface area contributed by atoms with Gasteiger partial charge in [-0.3, -0.25) is 14.4 Å². The average Bonchev–Trinajstić information content (AvgIpc) is 2.80. The van der Waals surface area contributed by atoms with E-state index in [2.05, 4.69) is 21.2 Å². The van der Waals surface area contributed by atoms with Crippen molar-refractivity contribution in [2.75, 3.05) is 18.5 Å². The molecular formula is C23H26FIN4O5. The van der Waals surface area contributed by atoms with Gasteiger partial charge in [-0.15, -0.1) is 0 Å². The molecule has 0 saturated heterocycles. The van der Waals surface area contributed by atoms with Gasteiger partial charge in [0, 0.05) is 11.7 Å². The zero-order valence-electron chi connectivity index (χ0n) is 19.0. The van der Waals surface area contributed by atoms with Crippen LogP contribution in [0.5, 0.6) is 11.5 Å². The third-order valence-electron chi connectivity index (χ3n) is 4.38. The summed E-state index contributed by atoms with van der Waals surface area (Å²) < 4.78 is 24.9. The second kappa shape index (κ2) is 13.5. The van der Waals surface area contributed by atoms with Gasteiger partial charge in [-0.25, -0.2) is 9.82 Å². The van der Waals surface area contributed by atoms with Crippen LogP contribution in [0.15, 0.2) is 41.5 Å². The molecule has 0 unspecified atom stereocenters. The Labute approximate surface area is 210 Å². The monoisotopic (exact) mass is 584 g/mol. The highest BCUT2D eigenvalue weighted by molar-refractivity contribution is 14.1. The van der Waals surface area contributed by atoms with Crippen LogP contribution in [0.25, 0.3) is 0 Å². The van der Waals surface area contributed by atoms with Crippen molar-refractivity contribution in [1.82, 2.24) is 10.7 Å². The molecule has 0 aliphatic heterocycles. The lowest BCUT2D eigenvalue weighted by Crippen LogP contribution is -2.41. The maximum absolute atomic E-state index is 13.0. The number of carbonyl (C=O) groups is 3. The summed E-state index contributed by atoms with van der Waals surface area (Å²) in [4.78, 5) is 35.8. The fourth-order valence-corrected chi connectivity index (χ4v) is 3.32. The third kappa shape index (κ3) is 8.61. The van der Waals surface area contributed by atoms with Gasteiger partial charge in [0.2, 0.25) is 0 Å². The topological polar surface area (TPSA) is 118 Å².